The van der Waals surface area contributed by atoms with Crippen molar-refractivity contribution in [2.45, 2.75) is 25.8 Å². The van der Waals surface area contributed by atoms with Gasteiger partial charge in [0.05, 0.1) is 0 Å². The zero-order valence-corrected chi connectivity index (χ0v) is 9.96. The van der Waals surface area contributed by atoms with Crippen LogP contribution >= 0.6 is 30.6 Å². The molecule has 0 spiro atoms. The molecular weight excluding hydrogens is 264 g/mol. The molecule has 4 heteroatoms. The Morgan fingerprint density at radius 1 is 1.44 bits per heavy atom. The molecule has 0 radical (unpaired) electrons. The van der Waals surface area contributed by atoms with Crippen LogP contribution in [0.1, 0.15) is 19.8 Å². The van der Waals surface area contributed by atoms with E-state index in [1.165, 1.54) is 12.8 Å². The molecule has 0 amide bonds. The van der Waals surface area contributed by atoms with E-state index in [2.05, 4.69) is 37.5 Å². The van der Waals surface area contributed by atoms with Crippen molar-refractivity contribution in [1.29, 1.82) is 0 Å². The molecule has 0 saturated heterocycles. The van der Waals surface area contributed by atoms with Gasteiger partial charge in [-0.25, -0.2) is 0 Å². The molecule has 56 valence electrons. The quantitative estimate of drug-likeness (QED) is 0.566. The van der Waals surface area contributed by atoms with Gasteiger partial charge >= 0.3 is 5.56 Å². The molecule has 0 aromatic rings. The predicted octanol–water partition coefficient (Wildman–Crippen LogP) is 3.16. The summed E-state index contributed by atoms with van der Waals surface area (Å²) in [7, 11) is 1.74. The van der Waals surface area contributed by atoms with Crippen molar-refractivity contribution in [2.75, 3.05) is 7.11 Å². The largest absolute Gasteiger partial charge is 0.402 e. The summed E-state index contributed by atoms with van der Waals surface area (Å²) in [6.45, 7) is 2.18. The third-order valence-electron chi connectivity index (χ3n) is 1.12. The normalized spacial score (nSPS) is 12.0. The molecule has 0 aromatic carbocycles. The topological polar surface area (TPSA) is 9.23 Å². The van der Waals surface area contributed by atoms with Gasteiger partial charge in [0.15, 0.2) is 0 Å². The van der Waals surface area contributed by atoms with Crippen LogP contribution in [0.15, 0.2) is 0 Å². The molecule has 0 atom stereocenters. The van der Waals surface area contributed by atoms with Crippen molar-refractivity contribution in [3.05, 3.63) is 0 Å². The van der Waals surface area contributed by atoms with Gasteiger partial charge in [0.2, 0.25) is 0 Å². The van der Waals surface area contributed by atoms with E-state index in [4.69, 9.17) is 4.43 Å². The Morgan fingerprint density at radius 2 is 2.00 bits per heavy atom. The van der Waals surface area contributed by atoms with Crippen LogP contribution in [0, 0.1) is 0 Å². The molecular formula is C5H12Br2OSi. The van der Waals surface area contributed by atoms with E-state index in [1.807, 2.05) is 0 Å². The Hall–Kier alpha value is 1.14. The lowest BCUT2D eigenvalue weighted by atomic mass is 10.4. The summed E-state index contributed by atoms with van der Waals surface area (Å²) in [4.78, 5) is 0. The van der Waals surface area contributed by atoms with Crippen LogP contribution in [0.25, 0.3) is 0 Å². The van der Waals surface area contributed by atoms with Crippen molar-refractivity contribution >= 4 is 36.1 Å². The number of halogens is 2. The number of rotatable bonds is 4. The van der Waals surface area contributed by atoms with E-state index in [0.29, 0.717) is 0 Å². The first kappa shape index (κ1) is 10.1. The first-order chi connectivity index (χ1) is 4.12. The predicted molar refractivity (Wildman–Crippen MR) is 50.3 cm³/mol. The Bertz CT molecular complexity index is 77.4. The summed E-state index contributed by atoms with van der Waals surface area (Å²) in [5.41, 5.74) is -1.57. The van der Waals surface area contributed by atoms with Gasteiger partial charge in [-0.15, -0.1) is 0 Å². The highest BCUT2D eigenvalue weighted by Gasteiger charge is 2.25. The van der Waals surface area contributed by atoms with Crippen LogP contribution in [0.2, 0.25) is 6.04 Å². The second-order valence-corrected chi connectivity index (χ2v) is 15.0. The molecule has 1 nitrogen and oxygen atoms in total. The smallest absolute Gasteiger partial charge is 0.335 e. The second-order valence-electron chi connectivity index (χ2n) is 1.95. The molecule has 0 N–H and O–H groups in total. The summed E-state index contributed by atoms with van der Waals surface area (Å²) in [5, 5.41) is 0. The fourth-order valence-corrected chi connectivity index (χ4v) is 3.14. The summed E-state index contributed by atoms with van der Waals surface area (Å²) in [6.07, 6.45) is 2.46. The van der Waals surface area contributed by atoms with Gasteiger partial charge in [-0.2, -0.15) is 0 Å². The van der Waals surface area contributed by atoms with Gasteiger partial charge in [-0.05, 0) is 6.04 Å². The SMILES string of the molecule is CCCC[Si](Br)(Br)OC. The first-order valence-electron chi connectivity index (χ1n) is 3.05. The van der Waals surface area contributed by atoms with E-state index in [-0.39, 0.29) is 0 Å². The summed E-state index contributed by atoms with van der Waals surface area (Å²) in [5.74, 6) is 0. The van der Waals surface area contributed by atoms with Gasteiger partial charge in [-0.3, -0.25) is 0 Å². The van der Waals surface area contributed by atoms with E-state index in [9.17, 15) is 0 Å². The van der Waals surface area contributed by atoms with Crippen LogP contribution < -0.4 is 0 Å². The minimum absolute atomic E-state index is 1.14. The van der Waals surface area contributed by atoms with E-state index >= 15 is 0 Å². The van der Waals surface area contributed by atoms with Crippen LogP contribution in [0.5, 0.6) is 0 Å². The highest BCUT2D eigenvalue weighted by molar-refractivity contribution is 9.50. The Kier molecular flexibility index (Phi) is 5.49. The minimum atomic E-state index is -1.57. The molecule has 0 aliphatic heterocycles. The van der Waals surface area contributed by atoms with Gasteiger partial charge in [0.1, 0.15) is 0 Å². The van der Waals surface area contributed by atoms with Crippen LogP contribution in [0.3, 0.4) is 0 Å². The zero-order chi connectivity index (χ0) is 7.33. The average Bonchev–Trinajstić information content (AvgIpc) is 1.84. The maximum atomic E-state index is 5.21. The molecule has 9 heavy (non-hydrogen) atoms. The maximum absolute atomic E-state index is 5.21. The van der Waals surface area contributed by atoms with E-state index in [0.717, 1.165) is 6.04 Å². The van der Waals surface area contributed by atoms with Crippen molar-refractivity contribution in [2.24, 2.45) is 0 Å². The lowest BCUT2D eigenvalue weighted by Crippen LogP contribution is -2.19. The molecule has 0 unspecified atom stereocenters. The molecule has 0 bridgehead atoms. The third-order valence-corrected chi connectivity index (χ3v) is 6.97. The summed E-state index contributed by atoms with van der Waals surface area (Å²) < 4.78 is 5.21. The van der Waals surface area contributed by atoms with Gasteiger partial charge in [0.25, 0.3) is 0 Å². The van der Waals surface area contributed by atoms with Crippen LogP contribution in [-0.4, -0.2) is 12.7 Å². The van der Waals surface area contributed by atoms with Crippen LogP contribution in [-0.2, 0) is 4.43 Å². The minimum Gasteiger partial charge on any atom is -0.402 e. The second kappa shape index (κ2) is 4.88. The summed E-state index contributed by atoms with van der Waals surface area (Å²) >= 11 is 7.03. The maximum Gasteiger partial charge on any atom is 0.335 e. The Morgan fingerprint density at radius 3 is 2.33 bits per heavy atom. The molecule has 0 fully saturated rings. The Labute approximate surface area is 73.5 Å². The van der Waals surface area contributed by atoms with E-state index < -0.39 is 5.56 Å². The molecule has 0 aliphatic carbocycles. The zero-order valence-electron chi connectivity index (χ0n) is 5.79. The number of hydrogen-bond donors (Lipinski definition) is 0. The average molecular weight is 276 g/mol. The third kappa shape index (κ3) is 5.57. The highest BCUT2D eigenvalue weighted by Crippen LogP contribution is 2.27. The lowest BCUT2D eigenvalue weighted by Gasteiger charge is -2.13. The van der Waals surface area contributed by atoms with Crippen molar-refractivity contribution in [1.82, 2.24) is 0 Å². The fourth-order valence-electron chi connectivity index (χ4n) is 0.485. The van der Waals surface area contributed by atoms with Crippen molar-refractivity contribution < 1.29 is 4.43 Å². The van der Waals surface area contributed by atoms with E-state index in [1.54, 1.807) is 7.11 Å². The van der Waals surface area contributed by atoms with Crippen molar-refractivity contribution in [3.8, 4) is 0 Å². The Balaban J connectivity index is 3.33. The monoisotopic (exact) mass is 274 g/mol. The standard InChI is InChI=1S/C5H12Br2OSi/c1-3-4-5-9(6,7)8-2/h3-5H2,1-2H3. The lowest BCUT2D eigenvalue weighted by molar-refractivity contribution is 0.430. The summed E-state index contributed by atoms with van der Waals surface area (Å²) in [6, 6.07) is 1.14. The highest BCUT2D eigenvalue weighted by atomic mass is 79.9. The molecule has 0 heterocycles. The molecule has 0 rings (SSSR count). The number of unbranched alkanes of at least 4 members (excludes halogenated alkanes) is 1. The van der Waals surface area contributed by atoms with Gasteiger partial charge in [-0.1, -0.05) is 50.4 Å². The van der Waals surface area contributed by atoms with Gasteiger partial charge < -0.3 is 4.43 Å². The van der Waals surface area contributed by atoms with Crippen LogP contribution in [0.4, 0.5) is 0 Å². The van der Waals surface area contributed by atoms with Gasteiger partial charge in [0, 0.05) is 7.11 Å². The fraction of sp³-hybridized carbons (Fsp3) is 1.00. The molecule has 0 aliphatic rings. The first-order valence-corrected chi connectivity index (χ1v) is 9.68. The molecule has 0 aromatic heterocycles. The van der Waals surface area contributed by atoms with Crippen molar-refractivity contribution in [3.63, 3.8) is 0 Å². The number of hydrogen-bond acceptors (Lipinski definition) is 1. The molecule has 0 saturated carbocycles.